The highest BCUT2D eigenvalue weighted by molar-refractivity contribution is 5.16. The lowest BCUT2D eigenvalue weighted by atomic mass is 9.71. The number of nitrogens with zero attached hydrogens (tertiary/aromatic N) is 3. The van der Waals surface area contributed by atoms with Gasteiger partial charge < -0.3 is 10.0 Å². The van der Waals surface area contributed by atoms with Crippen molar-refractivity contribution in [2.75, 3.05) is 14.1 Å². The van der Waals surface area contributed by atoms with Gasteiger partial charge in [0.2, 0.25) is 0 Å². The van der Waals surface area contributed by atoms with Crippen molar-refractivity contribution in [1.29, 1.82) is 0 Å². The van der Waals surface area contributed by atoms with E-state index in [0.717, 1.165) is 18.4 Å². The summed E-state index contributed by atoms with van der Waals surface area (Å²) in [6.45, 7) is 2.29. The number of aliphatic hydroxyl groups excluding tert-OH is 1. The van der Waals surface area contributed by atoms with Crippen LogP contribution in [0.5, 0.6) is 0 Å². The number of hydrogen-bond donors (Lipinski definition) is 1. The molecule has 1 saturated carbocycles. The molecule has 1 N–H and O–H groups in total. The molecule has 1 aliphatic carbocycles. The van der Waals surface area contributed by atoms with Crippen LogP contribution in [0.25, 0.3) is 0 Å². The molecule has 4 heteroatoms. The number of aliphatic hydroxyl groups is 1. The van der Waals surface area contributed by atoms with Crippen LogP contribution in [0.1, 0.15) is 44.3 Å². The summed E-state index contributed by atoms with van der Waals surface area (Å²) in [5, 5.41) is 15.0. The molecule has 0 spiro atoms. The van der Waals surface area contributed by atoms with Crippen molar-refractivity contribution in [3.05, 3.63) is 18.0 Å². The smallest absolute Gasteiger partial charge is 0.100 e. The van der Waals surface area contributed by atoms with Crippen molar-refractivity contribution >= 4 is 0 Å². The zero-order chi connectivity index (χ0) is 13.3. The van der Waals surface area contributed by atoms with Gasteiger partial charge >= 0.3 is 0 Å². The Bertz CT molecular complexity index is 401. The maximum Gasteiger partial charge on any atom is 0.100 e. The quantitative estimate of drug-likeness (QED) is 0.893. The van der Waals surface area contributed by atoms with Crippen LogP contribution in [-0.4, -0.2) is 39.4 Å². The third-order valence-electron chi connectivity index (χ3n) is 4.45. The summed E-state index contributed by atoms with van der Waals surface area (Å²) >= 11 is 0. The summed E-state index contributed by atoms with van der Waals surface area (Å²) in [6, 6.07) is 0. The molecule has 3 unspecified atom stereocenters. The minimum absolute atomic E-state index is 0.138. The normalized spacial score (nSPS) is 30.7. The minimum atomic E-state index is -0.455. The third-order valence-corrected chi connectivity index (χ3v) is 4.45. The van der Waals surface area contributed by atoms with E-state index in [9.17, 15) is 5.11 Å². The Labute approximate surface area is 110 Å². The van der Waals surface area contributed by atoms with Gasteiger partial charge in [-0.05, 0) is 32.9 Å². The summed E-state index contributed by atoms with van der Waals surface area (Å²) in [6.07, 6.45) is 7.83. The SMILES string of the molecule is CC1CCCC(C(O)c2cnn(C)c2)(N(C)C)C1. The Morgan fingerprint density at radius 1 is 1.56 bits per heavy atom. The van der Waals surface area contributed by atoms with Gasteiger partial charge in [0.05, 0.1) is 11.7 Å². The van der Waals surface area contributed by atoms with Crippen LogP contribution >= 0.6 is 0 Å². The van der Waals surface area contributed by atoms with Gasteiger partial charge in [-0.2, -0.15) is 5.10 Å². The summed E-state index contributed by atoms with van der Waals surface area (Å²) in [5.41, 5.74) is 0.793. The van der Waals surface area contributed by atoms with Crippen molar-refractivity contribution in [2.24, 2.45) is 13.0 Å². The summed E-state index contributed by atoms with van der Waals surface area (Å²) in [7, 11) is 6.05. The highest BCUT2D eigenvalue weighted by Gasteiger charge is 2.44. The molecule has 102 valence electrons. The van der Waals surface area contributed by atoms with Crippen LogP contribution in [0, 0.1) is 5.92 Å². The van der Waals surface area contributed by atoms with E-state index in [1.54, 1.807) is 10.9 Å². The zero-order valence-corrected chi connectivity index (χ0v) is 11.9. The number of rotatable bonds is 3. The molecule has 1 aliphatic rings. The first-order valence-corrected chi connectivity index (χ1v) is 6.80. The Hall–Kier alpha value is -0.870. The molecule has 4 nitrogen and oxygen atoms in total. The molecule has 1 fully saturated rings. The average molecular weight is 251 g/mol. The molecule has 0 bridgehead atoms. The Balaban J connectivity index is 2.29. The number of aromatic nitrogens is 2. The maximum atomic E-state index is 10.8. The molecule has 0 aromatic carbocycles. The first kappa shape index (κ1) is 13.6. The lowest BCUT2D eigenvalue weighted by Gasteiger charge is -2.48. The average Bonchev–Trinajstić information content (AvgIpc) is 2.74. The summed E-state index contributed by atoms with van der Waals surface area (Å²) in [4.78, 5) is 2.21. The van der Waals surface area contributed by atoms with E-state index in [-0.39, 0.29) is 5.54 Å². The number of likely N-dealkylation sites (N-methyl/N-ethyl adjacent to an activating group) is 1. The second-order valence-electron chi connectivity index (χ2n) is 6.05. The van der Waals surface area contributed by atoms with E-state index < -0.39 is 6.10 Å². The predicted molar refractivity (Wildman–Crippen MR) is 72.2 cm³/mol. The van der Waals surface area contributed by atoms with Crippen LogP contribution in [0.2, 0.25) is 0 Å². The molecule has 2 rings (SSSR count). The van der Waals surface area contributed by atoms with Gasteiger partial charge in [-0.25, -0.2) is 0 Å². The first-order chi connectivity index (χ1) is 8.45. The molecule has 0 amide bonds. The lowest BCUT2D eigenvalue weighted by molar-refractivity contribution is -0.0451. The molecule has 0 radical (unpaired) electrons. The molecule has 18 heavy (non-hydrogen) atoms. The van der Waals surface area contributed by atoms with Gasteiger partial charge in [0.25, 0.3) is 0 Å². The maximum absolute atomic E-state index is 10.8. The van der Waals surface area contributed by atoms with E-state index in [0.29, 0.717) is 5.92 Å². The fourth-order valence-corrected chi connectivity index (χ4v) is 3.35. The lowest BCUT2D eigenvalue weighted by Crippen LogP contribution is -2.52. The van der Waals surface area contributed by atoms with Crippen molar-refractivity contribution in [3.63, 3.8) is 0 Å². The molecule has 1 aromatic rings. The summed E-state index contributed by atoms with van der Waals surface area (Å²) in [5.74, 6) is 0.674. The second kappa shape index (κ2) is 5.02. The highest BCUT2D eigenvalue weighted by Crippen LogP contribution is 2.43. The number of hydrogen-bond acceptors (Lipinski definition) is 3. The van der Waals surface area contributed by atoms with Gasteiger partial charge in [-0.15, -0.1) is 0 Å². The highest BCUT2D eigenvalue weighted by atomic mass is 16.3. The van der Waals surface area contributed by atoms with Crippen molar-refractivity contribution in [2.45, 2.75) is 44.2 Å². The van der Waals surface area contributed by atoms with Crippen LogP contribution in [-0.2, 0) is 7.05 Å². The molecule has 0 aliphatic heterocycles. The van der Waals surface area contributed by atoms with Crippen molar-refractivity contribution < 1.29 is 5.11 Å². The van der Waals surface area contributed by atoms with Gasteiger partial charge in [0.1, 0.15) is 6.10 Å². The molecule has 1 aromatic heterocycles. The van der Waals surface area contributed by atoms with Crippen molar-refractivity contribution in [3.8, 4) is 0 Å². The standard InChI is InChI=1S/C14H25N3O/c1-11-6-5-7-14(8-11,16(2)3)13(18)12-9-15-17(4)10-12/h9-11,13,18H,5-8H2,1-4H3. The molecule has 0 saturated heterocycles. The Morgan fingerprint density at radius 2 is 2.28 bits per heavy atom. The fraction of sp³-hybridized carbons (Fsp3) is 0.786. The monoisotopic (exact) mass is 251 g/mol. The summed E-state index contributed by atoms with van der Waals surface area (Å²) < 4.78 is 1.76. The second-order valence-corrected chi connectivity index (χ2v) is 6.05. The van der Waals surface area contributed by atoms with E-state index in [1.807, 2.05) is 13.2 Å². The molecular formula is C14H25N3O. The topological polar surface area (TPSA) is 41.3 Å². The molecule has 1 heterocycles. The van der Waals surface area contributed by atoms with E-state index in [1.165, 1.54) is 12.8 Å². The predicted octanol–water partition coefficient (Wildman–Crippen LogP) is 1.96. The van der Waals surface area contributed by atoms with Gasteiger partial charge in [-0.3, -0.25) is 4.68 Å². The Morgan fingerprint density at radius 3 is 2.78 bits per heavy atom. The fourth-order valence-electron chi connectivity index (χ4n) is 3.35. The third kappa shape index (κ3) is 2.31. The van der Waals surface area contributed by atoms with Crippen LogP contribution in [0.4, 0.5) is 0 Å². The minimum Gasteiger partial charge on any atom is -0.386 e. The van der Waals surface area contributed by atoms with Gasteiger partial charge in [0, 0.05) is 18.8 Å². The van der Waals surface area contributed by atoms with E-state index >= 15 is 0 Å². The van der Waals surface area contributed by atoms with Gasteiger partial charge in [0.15, 0.2) is 0 Å². The van der Waals surface area contributed by atoms with Crippen LogP contribution < -0.4 is 0 Å². The molecule has 3 atom stereocenters. The largest absolute Gasteiger partial charge is 0.386 e. The first-order valence-electron chi connectivity index (χ1n) is 6.80. The zero-order valence-electron chi connectivity index (χ0n) is 11.9. The van der Waals surface area contributed by atoms with Crippen LogP contribution in [0.15, 0.2) is 12.4 Å². The number of aryl methyl sites for hydroxylation is 1. The van der Waals surface area contributed by atoms with E-state index in [2.05, 4.69) is 31.0 Å². The van der Waals surface area contributed by atoms with Crippen LogP contribution in [0.3, 0.4) is 0 Å². The molecular weight excluding hydrogens is 226 g/mol. The van der Waals surface area contributed by atoms with Gasteiger partial charge in [-0.1, -0.05) is 19.8 Å². The Kier molecular flexibility index (Phi) is 3.78. The van der Waals surface area contributed by atoms with Crippen molar-refractivity contribution in [1.82, 2.24) is 14.7 Å². The van der Waals surface area contributed by atoms with E-state index in [4.69, 9.17) is 0 Å².